The Bertz CT molecular complexity index is 1470. The molecule has 0 saturated carbocycles. The minimum Gasteiger partial charge on any atom is -0.493 e. The van der Waals surface area contributed by atoms with Gasteiger partial charge in [0, 0.05) is 35.3 Å². The molecule has 0 aliphatic carbocycles. The molecule has 3 rings (SSSR count). The van der Waals surface area contributed by atoms with Crippen LogP contribution >= 0.6 is 23.2 Å². The fraction of sp³-hybridized carbons (Fsp3) is 0.259. The van der Waals surface area contributed by atoms with Gasteiger partial charge in [-0.1, -0.05) is 29.3 Å². The summed E-state index contributed by atoms with van der Waals surface area (Å²) in [6, 6.07) is 12.4. The van der Waals surface area contributed by atoms with E-state index in [1.807, 2.05) is 0 Å². The van der Waals surface area contributed by atoms with Gasteiger partial charge in [-0.2, -0.15) is 0 Å². The van der Waals surface area contributed by atoms with Crippen LogP contribution in [0.2, 0.25) is 10.0 Å². The maximum atomic E-state index is 13.9. The average Bonchev–Trinajstić information content (AvgIpc) is 2.94. The van der Waals surface area contributed by atoms with Crippen molar-refractivity contribution >= 4 is 50.7 Å². The molecule has 0 saturated heterocycles. The van der Waals surface area contributed by atoms with E-state index >= 15 is 0 Å². The van der Waals surface area contributed by atoms with Crippen molar-refractivity contribution in [3.8, 4) is 11.5 Å². The topological polar surface area (TPSA) is 105 Å². The standard InChI is InChI=1S/C27H28Cl2FN3O6S/c1-17(27(35)31-2)32(15-21-22(28)6-5-7-23(21)29)26(34)16-33(19-10-8-18(30)9-11-19)40(36,37)20-12-13-24(38-3)25(14-20)39-4/h5-14,17H,15-16H2,1-4H3,(H,31,35)/t17-/m0/s1. The minimum atomic E-state index is -4.42. The summed E-state index contributed by atoms with van der Waals surface area (Å²) in [5.74, 6) is -1.37. The van der Waals surface area contributed by atoms with Crippen LogP contribution < -0.4 is 19.1 Å². The number of carbonyl (C=O) groups is 2. The second kappa shape index (κ2) is 13.2. The summed E-state index contributed by atoms with van der Waals surface area (Å²) >= 11 is 12.7. The lowest BCUT2D eigenvalue weighted by Crippen LogP contribution is -2.50. The third-order valence-corrected chi connectivity index (χ3v) is 8.62. The van der Waals surface area contributed by atoms with Crippen LogP contribution in [-0.4, -0.2) is 59.0 Å². The molecular formula is C27H28Cl2FN3O6S. The summed E-state index contributed by atoms with van der Waals surface area (Å²) in [4.78, 5) is 27.4. The number of benzene rings is 3. The van der Waals surface area contributed by atoms with E-state index in [9.17, 15) is 22.4 Å². The van der Waals surface area contributed by atoms with Gasteiger partial charge in [0.1, 0.15) is 18.4 Å². The highest BCUT2D eigenvalue weighted by Crippen LogP contribution is 2.33. The summed E-state index contributed by atoms with van der Waals surface area (Å²) in [6.07, 6.45) is 0. The summed E-state index contributed by atoms with van der Waals surface area (Å²) in [5.41, 5.74) is 0.402. The molecule has 0 fully saturated rings. The first-order valence-corrected chi connectivity index (χ1v) is 14.1. The highest BCUT2D eigenvalue weighted by Gasteiger charge is 2.33. The van der Waals surface area contributed by atoms with Crippen LogP contribution in [0.3, 0.4) is 0 Å². The van der Waals surface area contributed by atoms with Crippen molar-refractivity contribution in [2.75, 3.05) is 32.1 Å². The number of hydrogen-bond donors (Lipinski definition) is 1. The SMILES string of the molecule is CNC(=O)[C@H](C)N(Cc1c(Cl)cccc1Cl)C(=O)CN(c1ccc(F)cc1)S(=O)(=O)c1ccc(OC)c(OC)c1. The molecule has 13 heteroatoms. The normalized spacial score (nSPS) is 11.9. The van der Waals surface area contributed by atoms with Gasteiger partial charge in [-0.25, -0.2) is 12.8 Å². The van der Waals surface area contributed by atoms with Crippen LogP contribution in [0.1, 0.15) is 12.5 Å². The average molecular weight is 613 g/mol. The Kier molecular flexibility index (Phi) is 10.2. The summed E-state index contributed by atoms with van der Waals surface area (Å²) in [6.45, 7) is 0.581. The number of halogens is 3. The predicted molar refractivity (Wildman–Crippen MR) is 151 cm³/mol. The van der Waals surface area contributed by atoms with Gasteiger partial charge >= 0.3 is 0 Å². The largest absolute Gasteiger partial charge is 0.493 e. The second-order valence-electron chi connectivity index (χ2n) is 8.52. The molecule has 214 valence electrons. The van der Waals surface area contributed by atoms with Gasteiger partial charge in [-0.15, -0.1) is 0 Å². The highest BCUT2D eigenvalue weighted by molar-refractivity contribution is 7.92. The molecule has 0 spiro atoms. The van der Waals surface area contributed by atoms with E-state index in [4.69, 9.17) is 32.7 Å². The zero-order valence-corrected chi connectivity index (χ0v) is 24.5. The van der Waals surface area contributed by atoms with E-state index in [-0.39, 0.29) is 32.9 Å². The lowest BCUT2D eigenvalue weighted by atomic mass is 10.1. The number of carbonyl (C=O) groups excluding carboxylic acids is 2. The Morgan fingerprint density at radius 2 is 1.57 bits per heavy atom. The number of ether oxygens (including phenoxy) is 2. The maximum Gasteiger partial charge on any atom is 0.264 e. The quantitative estimate of drug-likeness (QED) is 0.342. The number of nitrogens with zero attached hydrogens (tertiary/aromatic N) is 2. The van der Waals surface area contributed by atoms with Crippen molar-refractivity contribution in [2.45, 2.75) is 24.4 Å². The van der Waals surface area contributed by atoms with Crippen molar-refractivity contribution in [1.29, 1.82) is 0 Å². The number of amides is 2. The molecule has 0 radical (unpaired) electrons. The van der Waals surface area contributed by atoms with Crippen LogP contribution in [0.5, 0.6) is 11.5 Å². The van der Waals surface area contributed by atoms with Gasteiger partial charge in [0.2, 0.25) is 11.8 Å². The third-order valence-electron chi connectivity index (χ3n) is 6.14. The molecule has 1 N–H and O–H groups in total. The molecule has 0 bridgehead atoms. The number of likely N-dealkylation sites (N-methyl/N-ethyl adjacent to an activating group) is 1. The zero-order chi connectivity index (χ0) is 29.6. The maximum absolute atomic E-state index is 13.9. The van der Waals surface area contributed by atoms with E-state index in [0.717, 1.165) is 16.4 Å². The first-order chi connectivity index (χ1) is 18.9. The van der Waals surface area contributed by atoms with Crippen LogP contribution in [0.15, 0.2) is 65.6 Å². The van der Waals surface area contributed by atoms with E-state index in [1.165, 1.54) is 63.4 Å². The zero-order valence-electron chi connectivity index (χ0n) is 22.2. The molecule has 3 aromatic rings. The molecule has 40 heavy (non-hydrogen) atoms. The summed E-state index contributed by atoms with van der Waals surface area (Å²) < 4.78 is 52.9. The lowest BCUT2D eigenvalue weighted by molar-refractivity contribution is -0.139. The van der Waals surface area contributed by atoms with Crippen LogP contribution in [0.25, 0.3) is 0 Å². The number of sulfonamides is 1. The van der Waals surface area contributed by atoms with Gasteiger partial charge in [0.25, 0.3) is 10.0 Å². The molecule has 9 nitrogen and oxygen atoms in total. The van der Waals surface area contributed by atoms with E-state index in [0.29, 0.717) is 11.3 Å². The minimum absolute atomic E-state index is 0.0212. The Balaban J connectivity index is 2.10. The Hall–Kier alpha value is -3.54. The Morgan fingerprint density at radius 3 is 2.12 bits per heavy atom. The predicted octanol–water partition coefficient (Wildman–Crippen LogP) is 4.51. The Morgan fingerprint density at radius 1 is 0.975 bits per heavy atom. The van der Waals surface area contributed by atoms with Gasteiger partial charge in [-0.05, 0) is 55.5 Å². The molecule has 0 heterocycles. The lowest BCUT2D eigenvalue weighted by Gasteiger charge is -2.32. The van der Waals surface area contributed by atoms with Gasteiger partial charge in [0.05, 0.1) is 24.8 Å². The van der Waals surface area contributed by atoms with Crippen molar-refractivity contribution in [1.82, 2.24) is 10.2 Å². The molecule has 3 aromatic carbocycles. The van der Waals surface area contributed by atoms with E-state index in [1.54, 1.807) is 18.2 Å². The summed E-state index contributed by atoms with van der Waals surface area (Å²) in [7, 11) is -0.245. The molecule has 1 atom stereocenters. The van der Waals surface area contributed by atoms with Crippen LogP contribution in [0.4, 0.5) is 10.1 Å². The number of rotatable bonds is 11. The first kappa shape index (κ1) is 31.0. The van der Waals surface area contributed by atoms with Crippen molar-refractivity contribution in [3.63, 3.8) is 0 Å². The monoisotopic (exact) mass is 611 g/mol. The highest BCUT2D eigenvalue weighted by atomic mass is 35.5. The van der Waals surface area contributed by atoms with Gasteiger partial charge in [0.15, 0.2) is 11.5 Å². The molecule has 0 aromatic heterocycles. The molecule has 0 aliphatic rings. The van der Waals surface area contributed by atoms with Crippen LogP contribution in [0, 0.1) is 5.82 Å². The smallest absolute Gasteiger partial charge is 0.264 e. The number of methoxy groups -OCH3 is 2. The molecule has 0 unspecified atom stereocenters. The summed E-state index contributed by atoms with van der Waals surface area (Å²) in [5, 5.41) is 3.02. The van der Waals surface area contributed by atoms with Crippen molar-refractivity contribution < 1.29 is 31.9 Å². The number of nitrogens with one attached hydrogen (secondary N) is 1. The number of anilines is 1. The third kappa shape index (κ3) is 6.78. The Labute approximate surface area is 242 Å². The molecular weight excluding hydrogens is 584 g/mol. The fourth-order valence-electron chi connectivity index (χ4n) is 3.89. The second-order valence-corrected chi connectivity index (χ2v) is 11.2. The van der Waals surface area contributed by atoms with Crippen molar-refractivity contribution in [3.05, 3.63) is 82.1 Å². The molecule has 0 aliphatic heterocycles. The van der Waals surface area contributed by atoms with E-state index in [2.05, 4.69) is 5.32 Å². The van der Waals surface area contributed by atoms with Crippen LogP contribution in [-0.2, 0) is 26.2 Å². The van der Waals surface area contributed by atoms with Gasteiger partial charge < -0.3 is 19.7 Å². The molecule has 2 amide bonds. The number of hydrogen-bond acceptors (Lipinski definition) is 6. The fourth-order valence-corrected chi connectivity index (χ4v) is 5.83. The van der Waals surface area contributed by atoms with E-state index < -0.39 is 40.2 Å². The first-order valence-electron chi connectivity index (χ1n) is 11.9. The van der Waals surface area contributed by atoms with Crippen molar-refractivity contribution in [2.24, 2.45) is 0 Å². The van der Waals surface area contributed by atoms with Gasteiger partial charge in [-0.3, -0.25) is 13.9 Å².